The molecule has 2 rings (SSSR count). The molecule has 7 heteroatoms. The fourth-order valence-corrected chi connectivity index (χ4v) is 4.21. The van der Waals surface area contributed by atoms with Crippen molar-refractivity contribution in [3.8, 4) is 17.2 Å². The van der Waals surface area contributed by atoms with E-state index >= 15 is 0 Å². The number of rotatable bonds is 8. The van der Waals surface area contributed by atoms with Crippen LogP contribution in [0.25, 0.3) is 0 Å². The molecular weight excluding hydrogens is 334 g/mol. The van der Waals surface area contributed by atoms with E-state index in [4.69, 9.17) is 14.2 Å². The van der Waals surface area contributed by atoms with Crippen LogP contribution >= 0.6 is 23.5 Å². The second kappa shape index (κ2) is 8.59. The van der Waals surface area contributed by atoms with E-state index in [1.807, 2.05) is 17.0 Å². The first kappa shape index (κ1) is 18.1. The molecule has 0 bridgehead atoms. The molecule has 0 spiro atoms. The maximum atomic E-state index is 12.2. The molecule has 0 aliphatic carbocycles. The van der Waals surface area contributed by atoms with E-state index in [0.29, 0.717) is 23.0 Å². The Labute approximate surface area is 146 Å². The molecule has 1 aliphatic rings. The summed E-state index contributed by atoms with van der Waals surface area (Å²) in [5, 5.41) is -0.00179. The minimum atomic E-state index is -0.00179. The fraction of sp³-hybridized carbons (Fsp3) is 0.562. The number of carbonyl (C=O) groups is 1. The Hall–Kier alpha value is -1.21. The van der Waals surface area contributed by atoms with E-state index in [1.165, 1.54) is 0 Å². The molecule has 1 fully saturated rings. The first-order valence-corrected chi connectivity index (χ1v) is 9.80. The minimum absolute atomic E-state index is 0.00179. The van der Waals surface area contributed by atoms with Crippen molar-refractivity contribution in [1.82, 2.24) is 4.90 Å². The summed E-state index contributed by atoms with van der Waals surface area (Å²) in [6.45, 7) is 0.772. The highest BCUT2D eigenvalue weighted by Crippen LogP contribution is 2.45. The molecule has 1 aliphatic heterocycles. The predicted octanol–water partition coefficient (Wildman–Crippen LogP) is 3.04. The first-order chi connectivity index (χ1) is 11.2. The SMILES string of the molecule is COc1cc(C2SCC(=O)N2CCCSC)cc(OC)c1OC. The quantitative estimate of drug-likeness (QED) is 0.667. The van der Waals surface area contributed by atoms with E-state index in [2.05, 4.69) is 6.26 Å². The second-order valence-corrected chi connectivity index (χ2v) is 7.11. The smallest absolute Gasteiger partial charge is 0.233 e. The van der Waals surface area contributed by atoms with Crippen LogP contribution < -0.4 is 14.2 Å². The molecule has 0 saturated carbocycles. The third-order valence-corrected chi connectivity index (χ3v) is 5.64. The van der Waals surface area contributed by atoms with Gasteiger partial charge in [-0.05, 0) is 36.1 Å². The number of nitrogens with zero attached hydrogens (tertiary/aromatic N) is 1. The highest BCUT2D eigenvalue weighted by atomic mass is 32.2. The lowest BCUT2D eigenvalue weighted by molar-refractivity contribution is -0.128. The van der Waals surface area contributed by atoms with Crippen molar-refractivity contribution < 1.29 is 19.0 Å². The molecule has 23 heavy (non-hydrogen) atoms. The zero-order valence-corrected chi connectivity index (χ0v) is 15.6. The van der Waals surface area contributed by atoms with Crippen molar-refractivity contribution in [2.45, 2.75) is 11.8 Å². The molecule has 0 N–H and O–H groups in total. The molecule has 0 radical (unpaired) electrons. The van der Waals surface area contributed by atoms with Gasteiger partial charge in [0.15, 0.2) is 11.5 Å². The second-order valence-electron chi connectivity index (χ2n) is 5.06. The Morgan fingerprint density at radius 2 is 1.87 bits per heavy atom. The van der Waals surface area contributed by atoms with E-state index in [9.17, 15) is 4.79 Å². The number of thioether (sulfide) groups is 2. The highest BCUT2D eigenvalue weighted by molar-refractivity contribution is 8.00. The van der Waals surface area contributed by atoms with Crippen LogP contribution in [0.5, 0.6) is 17.2 Å². The Bertz CT molecular complexity index is 528. The van der Waals surface area contributed by atoms with Gasteiger partial charge in [0.2, 0.25) is 11.7 Å². The number of ether oxygens (including phenoxy) is 3. The number of carbonyl (C=O) groups excluding carboxylic acids is 1. The Balaban J connectivity index is 2.30. The van der Waals surface area contributed by atoms with Crippen LogP contribution in [-0.2, 0) is 4.79 Å². The number of amides is 1. The third kappa shape index (κ3) is 4.01. The number of methoxy groups -OCH3 is 3. The minimum Gasteiger partial charge on any atom is -0.493 e. The first-order valence-electron chi connectivity index (χ1n) is 7.36. The van der Waals surface area contributed by atoms with Gasteiger partial charge in [-0.15, -0.1) is 11.8 Å². The van der Waals surface area contributed by atoms with Gasteiger partial charge in [0.05, 0.1) is 27.1 Å². The van der Waals surface area contributed by atoms with Gasteiger partial charge in [-0.25, -0.2) is 0 Å². The summed E-state index contributed by atoms with van der Waals surface area (Å²) in [5.74, 6) is 3.56. The lowest BCUT2D eigenvalue weighted by Gasteiger charge is -2.25. The largest absolute Gasteiger partial charge is 0.493 e. The normalized spacial score (nSPS) is 17.5. The molecular formula is C16H23NO4S2. The maximum absolute atomic E-state index is 12.2. The molecule has 1 heterocycles. The van der Waals surface area contributed by atoms with Crippen molar-refractivity contribution in [2.24, 2.45) is 0 Å². The summed E-state index contributed by atoms with van der Waals surface area (Å²) in [6, 6.07) is 3.86. The van der Waals surface area contributed by atoms with E-state index < -0.39 is 0 Å². The van der Waals surface area contributed by atoms with Gasteiger partial charge in [0, 0.05) is 6.54 Å². The standard InChI is InChI=1S/C16H23NO4S2/c1-19-12-8-11(9-13(20-2)15(12)21-3)16-17(6-5-7-22-4)14(18)10-23-16/h8-9,16H,5-7,10H2,1-4H3. The Kier molecular flexibility index (Phi) is 6.77. The summed E-state index contributed by atoms with van der Waals surface area (Å²) < 4.78 is 16.2. The van der Waals surface area contributed by atoms with Gasteiger partial charge in [0.1, 0.15) is 5.37 Å². The predicted molar refractivity (Wildman–Crippen MR) is 96.0 cm³/mol. The lowest BCUT2D eigenvalue weighted by Crippen LogP contribution is -2.29. The fourth-order valence-electron chi connectivity index (χ4n) is 2.60. The summed E-state index contributed by atoms with van der Waals surface area (Å²) in [6.07, 6.45) is 3.08. The lowest BCUT2D eigenvalue weighted by atomic mass is 10.1. The van der Waals surface area contributed by atoms with E-state index in [0.717, 1.165) is 24.3 Å². The van der Waals surface area contributed by atoms with Gasteiger partial charge >= 0.3 is 0 Å². The number of hydrogen-bond acceptors (Lipinski definition) is 6. The van der Waals surface area contributed by atoms with Crippen molar-refractivity contribution in [3.05, 3.63) is 17.7 Å². The molecule has 1 unspecified atom stereocenters. The highest BCUT2D eigenvalue weighted by Gasteiger charge is 2.33. The van der Waals surface area contributed by atoms with E-state index in [1.54, 1.807) is 44.9 Å². The number of hydrogen-bond donors (Lipinski definition) is 0. The van der Waals surface area contributed by atoms with Crippen LogP contribution in [0.2, 0.25) is 0 Å². The average molecular weight is 357 g/mol. The molecule has 1 aromatic carbocycles. The van der Waals surface area contributed by atoms with Crippen LogP contribution in [0, 0.1) is 0 Å². The van der Waals surface area contributed by atoms with Crippen LogP contribution in [-0.4, -0.2) is 56.4 Å². The monoisotopic (exact) mass is 357 g/mol. The summed E-state index contributed by atoms with van der Waals surface area (Å²) in [5.41, 5.74) is 1.000. The Morgan fingerprint density at radius 1 is 1.22 bits per heavy atom. The molecule has 1 amide bonds. The van der Waals surface area contributed by atoms with Gasteiger partial charge < -0.3 is 19.1 Å². The summed E-state index contributed by atoms with van der Waals surface area (Å²) in [4.78, 5) is 14.1. The van der Waals surface area contributed by atoms with Gasteiger partial charge in [-0.1, -0.05) is 0 Å². The molecule has 1 aromatic rings. The topological polar surface area (TPSA) is 48.0 Å². The average Bonchev–Trinajstić information content (AvgIpc) is 2.94. The number of benzene rings is 1. The van der Waals surface area contributed by atoms with Gasteiger partial charge in [-0.3, -0.25) is 4.79 Å². The van der Waals surface area contributed by atoms with Crippen molar-refractivity contribution in [2.75, 3.05) is 45.6 Å². The summed E-state index contributed by atoms with van der Waals surface area (Å²) in [7, 11) is 4.79. The zero-order valence-electron chi connectivity index (χ0n) is 14.0. The molecule has 0 aromatic heterocycles. The molecule has 1 saturated heterocycles. The van der Waals surface area contributed by atoms with E-state index in [-0.39, 0.29) is 11.3 Å². The van der Waals surface area contributed by atoms with Crippen molar-refractivity contribution >= 4 is 29.4 Å². The molecule has 1 atom stereocenters. The third-order valence-electron chi connectivity index (χ3n) is 3.69. The molecule has 5 nitrogen and oxygen atoms in total. The van der Waals surface area contributed by atoms with Crippen molar-refractivity contribution in [3.63, 3.8) is 0 Å². The van der Waals surface area contributed by atoms with Gasteiger partial charge in [0.25, 0.3) is 0 Å². The van der Waals surface area contributed by atoms with Crippen LogP contribution in [0.1, 0.15) is 17.4 Å². The Morgan fingerprint density at radius 3 is 2.39 bits per heavy atom. The maximum Gasteiger partial charge on any atom is 0.233 e. The zero-order chi connectivity index (χ0) is 16.8. The van der Waals surface area contributed by atoms with Gasteiger partial charge in [-0.2, -0.15) is 11.8 Å². The molecule has 128 valence electrons. The van der Waals surface area contributed by atoms with Crippen LogP contribution in [0.15, 0.2) is 12.1 Å². The van der Waals surface area contributed by atoms with Crippen LogP contribution in [0.3, 0.4) is 0 Å². The summed E-state index contributed by atoms with van der Waals surface area (Å²) >= 11 is 3.44. The van der Waals surface area contributed by atoms with Crippen LogP contribution in [0.4, 0.5) is 0 Å². The van der Waals surface area contributed by atoms with Crippen molar-refractivity contribution in [1.29, 1.82) is 0 Å².